The molecule has 3 rings (SSSR count). The third-order valence-electron chi connectivity index (χ3n) is 3.54. The molecule has 3 N–H and O–H groups in total. The van der Waals surface area contributed by atoms with Crippen LogP contribution in [0.3, 0.4) is 0 Å². The van der Waals surface area contributed by atoms with Crippen molar-refractivity contribution in [1.29, 1.82) is 0 Å². The minimum atomic E-state index is -3.84. The van der Waals surface area contributed by atoms with E-state index in [0.29, 0.717) is 16.6 Å². The lowest BCUT2D eigenvalue weighted by molar-refractivity contribution is 0.0520. The molecule has 0 fully saturated rings. The molecule has 2 aromatic carbocycles. The second-order valence-electron chi connectivity index (χ2n) is 5.27. The number of rotatable bonds is 5. The number of fused-ring (bicyclic) bond motifs is 1. The van der Waals surface area contributed by atoms with Gasteiger partial charge in [0, 0.05) is 5.39 Å². The average molecular weight is 360 g/mol. The Kier molecular flexibility index (Phi) is 4.37. The minimum absolute atomic E-state index is 0.0134. The minimum Gasteiger partial charge on any atom is -0.508 e. The highest BCUT2D eigenvalue weighted by molar-refractivity contribution is 7.92. The molecular formula is C17H16N2O5S. The first-order chi connectivity index (χ1) is 11.9. The Labute approximate surface area is 144 Å². The number of sulfonamides is 1. The van der Waals surface area contributed by atoms with E-state index in [4.69, 9.17) is 4.74 Å². The van der Waals surface area contributed by atoms with Crippen LogP contribution in [0, 0.1) is 0 Å². The summed E-state index contributed by atoms with van der Waals surface area (Å²) in [5.74, 6) is -0.532. The van der Waals surface area contributed by atoms with Gasteiger partial charge in [0.05, 0.1) is 22.7 Å². The summed E-state index contributed by atoms with van der Waals surface area (Å²) in [4.78, 5) is 14.8. The van der Waals surface area contributed by atoms with Crippen LogP contribution in [-0.4, -0.2) is 31.1 Å². The summed E-state index contributed by atoms with van der Waals surface area (Å²) in [6, 6.07) is 11.8. The number of aromatic nitrogens is 1. The highest BCUT2D eigenvalue weighted by Crippen LogP contribution is 2.26. The molecule has 1 heterocycles. The summed E-state index contributed by atoms with van der Waals surface area (Å²) in [5.41, 5.74) is 1.03. The maximum atomic E-state index is 12.5. The zero-order valence-electron chi connectivity index (χ0n) is 13.3. The number of phenolic OH excluding ortho intramolecular Hbond substituents is 1. The normalized spacial score (nSPS) is 11.4. The molecule has 7 nitrogen and oxygen atoms in total. The van der Waals surface area contributed by atoms with Crippen LogP contribution in [0.4, 0.5) is 5.69 Å². The van der Waals surface area contributed by atoms with Gasteiger partial charge in [0.25, 0.3) is 10.0 Å². The fourth-order valence-corrected chi connectivity index (χ4v) is 3.46. The third-order valence-corrected chi connectivity index (χ3v) is 4.92. The van der Waals surface area contributed by atoms with Crippen molar-refractivity contribution >= 4 is 32.6 Å². The number of H-pyrrole nitrogens is 1. The van der Waals surface area contributed by atoms with Gasteiger partial charge in [-0.2, -0.15) is 0 Å². The lowest BCUT2D eigenvalue weighted by atomic mass is 10.2. The molecule has 0 spiro atoms. The van der Waals surface area contributed by atoms with Gasteiger partial charge in [0.15, 0.2) is 0 Å². The molecule has 1 aromatic heterocycles. The Morgan fingerprint density at radius 2 is 1.92 bits per heavy atom. The zero-order chi connectivity index (χ0) is 18.0. The average Bonchev–Trinajstić information content (AvgIpc) is 3.01. The van der Waals surface area contributed by atoms with E-state index >= 15 is 0 Å². The SMILES string of the molecule is CCOC(=O)c1cc2cccc(NS(=O)(=O)c3ccc(O)cc3)c2[nH]1. The number of hydrogen-bond donors (Lipinski definition) is 3. The third kappa shape index (κ3) is 3.43. The maximum Gasteiger partial charge on any atom is 0.354 e. The number of aromatic amines is 1. The highest BCUT2D eigenvalue weighted by Gasteiger charge is 2.18. The zero-order valence-corrected chi connectivity index (χ0v) is 14.1. The number of aromatic hydroxyl groups is 1. The van der Waals surface area contributed by atoms with Crippen molar-refractivity contribution in [3.05, 3.63) is 54.2 Å². The summed E-state index contributed by atoms with van der Waals surface area (Å²) in [5, 5.41) is 9.96. The summed E-state index contributed by atoms with van der Waals surface area (Å²) in [6.07, 6.45) is 0. The van der Waals surface area contributed by atoms with Gasteiger partial charge in [-0.25, -0.2) is 13.2 Å². The highest BCUT2D eigenvalue weighted by atomic mass is 32.2. The molecule has 3 aromatic rings. The van der Waals surface area contributed by atoms with Gasteiger partial charge in [-0.3, -0.25) is 4.72 Å². The first-order valence-electron chi connectivity index (χ1n) is 7.51. The van der Waals surface area contributed by atoms with Gasteiger partial charge in [-0.05, 0) is 43.3 Å². The number of carbonyl (C=O) groups is 1. The Balaban J connectivity index is 1.98. The number of hydrogen-bond acceptors (Lipinski definition) is 5. The molecule has 0 saturated carbocycles. The summed E-state index contributed by atoms with van der Waals surface area (Å²) >= 11 is 0. The van der Waals surface area contributed by atoms with Crippen molar-refractivity contribution in [2.45, 2.75) is 11.8 Å². The fourth-order valence-electron chi connectivity index (χ4n) is 2.39. The number of anilines is 1. The number of benzene rings is 2. The molecule has 0 aliphatic rings. The fraction of sp³-hybridized carbons (Fsp3) is 0.118. The van der Waals surface area contributed by atoms with Crippen LogP contribution in [0.2, 0.25) is 0 Å². The van der Waals surface area contributed by atoms with Gasteiger partial charge in [-0.1, -0.05) is 12.1 Å². The van der Waals surface area contributed by atoms with Crippen LogP contribution in [-0.2, 0) is 14.8 Å². The van der Waals surface area contributed by atoms with Crippen LogP contribution in [0.25, 0.3) is 10.9 Å². The Bertz CT molecular complexity index is 1020. The number of para-hydroxylation sites is 1. The van der Waals surface area contributed by atoms with Gasteiger partial charge in [0.2, 0.25) is 0 Å². The molecule has 0 bridgehead atoms. The summed E-state index contributed by atoms with van der Waals surface area (Å²) in [7, 11) is -3.84. The summed E-state index contributed by atoms with van der Waals surface area (Å²) in [6.45, 7) is 1.95. The standard InChI is InChI=1S/C17H16N2O5S/c1-2-24-17(21)15-10-11-4-3-5-14(16(11)18-15)19-25(22,23)13-8-6-12(20)7-9-13/h3-10,18-20H,2H2,1H3. The monoisotopic (exact) mass is 360 g/mol. The molecular weight excluding hydrogens is 344 g/mol. The predicted molar refractivity (Wildman–Crippen MR) is 93.2 cm³/mol. The summed E-state index contributed by atoms with van der Waals surface area (Å²) < 4.78 is 32.4. The van der Waals surface area contributed by atoms with Crippen molar-refractivity contribution in [1.82, 2.24) is 4.98 Å². The van der Waals surface area contributed by atoms with Gasteiger partial charge >= 0.3 is 5.97 Å². The van der Waals surface area contributed by atoms with Crippen LogP contribution in [0.1, 0.15) is 17.4 Å². The van der Waals surface area contributed by atoms with Crippen LogP contribution in [0.5, 0.6) is 5.75 Å². The molecule has 0 saturated heterocycles. The van der Waals surface area contributed by atoms with E-state index in [9.17, 15) is 18.3 Å². The number of esters is 1. The van der Waals surface area contributed by atoms with E-state index in [1.165, 1.54) is 24.3 Å². The molecule has 0 amide bonds. The molecule has 0 unspecified atom stereocenters. The Hall–Kier alpha value is -3.00. The van der Waals surface area contributed by atoms with Gasteiger partial charge in [0.1, 0.15) is 11.4 Å². The van der Waals surface area contributed by atoms with Gasteiger partial charge in [-0.15, -0.1) is 0 Å². The molecule has 0 radical (unpaired) electrons. The van der Waals surface area contributed by atoms with E-state index in [2.05, 4.69) is 9.71 Å². The Morgan fingerprint density at radius 3 is 2.60 bits per heavy atom. The van der Waals surface area contributed by atoms with Crippen LogP contribution >= 0.6 is 0 Å². The molecule has 8 heteroatoms. The quantitative estimate of drug-likeness (QED) is 0.606. The first kappa shape index (κ1) is 16.8. The Morgan fingerprint density at radius 1 is 1.20 bits per heavy atom. The van der Waals surface area contributed by atoms with Gasteiger partial charge < -0.3 is 14.8 Å². The first-order valence-corrected chi connectivity index (χ1v) is 9.00. The van der Waals surface area contributed by atoms with Crippen LogP contribution in [0.15, 0.2) is 53.4 Å². The largest absolute Gasteiger partial charge is 0.508 e. The van der Waals surface area contributed by atoms with Crippen molar-refractivity contribution in [2.75, 3.05) is 11.3 Å². The molecule has 0 aliphatic heterocycles. The second-order valence-corrected chi connectivity index (χ2v) is 6.96. The van der Waals surface area contributed by atoms with E-state index < -0.39 is 16.0 Å². The van der Waals surface area contributed by atoms with E-state index in [1.54, 1.807) is 31.2 Å². The second kappa shape index (κ2) is 6.48. The number of carbonyl (C=O) groups excluding carboxylic acids is 1. The number of nitrogens with one attached hydrogen (secondary N) is 2. The lowest BCUT2D eigenvalue weighted by Crippen LogP contribution is -2.13. The predicted octanol–water partition coefficient (Wildman–Crippen LogP) is 2.85. The lowest BCUT2D eigenvalue weighted by Gasteiger charge is -2.09. The van der Waals surface area contributed by atoms with Crippen molar-refractivity contribution in [3.63, 3.8) is 0 Å². The number of ether oxygens (including phenoxy) is 1. The van der Waals surface area contributed by atoms with Crippen molar-refractivity contribution in [3.8, 4) is 5.75 Å². The molecule has 130 valence electrons. The maximum absolute atomic E-state index is 12.5. The molecule has 0 aliphatic carbocycles. The molecule has 0 atom stereocenters. The van der Waals surface area contributed by atoms with Crippen molar-refractivity contribution in [2.24, 2.45) is 0 Å². The molecule has 25 heavy (non-hydrogen) atoms. The topological polar surface area (TPSA) is 108 Å². The van der Waals surface area contributed by atoms with Crippen LogP contribution < -0.4 is 4.72 Å². The number of phenols is 1. The van der Waals surface area contributed by atoms with E-state index in [1.807, 2.05) is 0 Å². The van der Waals surface area contributed by atoms with E-state index in [-0.39, 0.29) is 22.9 Å². The van der Waals surface area contributed by atoms with Crippen molar-refractivity contribution < 1.29 is 23.1 Å². The smallest absolute Gasteiger partial charge is 0.354 e. The van der Waals surface area contributed by atoms with E-state index in [0.717, 1.165) is 0 Å².